The van der Waals surface area contributed by atoms with Gasteiger partial charge in [-0.05, 0) is 114 Å². The van der Waals surface area contributed by atoms with Gasteiger partial charge in [0, 0.05) is 30.3 Å². The SMILES string of the molecule is CC1(C)CC(CC(OC(=O)CCc2cc(C(C)(C)C)c(O)c(C(C)(C)C)c2)OC(=O)CCc2cc(C(C)(C)C)c(O)c(C(C)(C)C)c2)CC(C)(C)N1. The van der Waals surface area contributed by atoms with E-state index in [-0.39, 0.29) is 51.5 Å². The van der Waals surface area contributed by atoms with Gasteiger partial charge in [0.25, 0.3) is 0 Å². The number of benzene rings is 2. The first-order valence-electron chi connectivity index (χ1n) is 19.3. The quantitative estimate of drug-likeness (QED) is 0.166. The Labute approximate surface area is 315 Å². The van der Waals surface area contributed by atoms with Crippen LogP contribution in [-0.4, -0.2) is 39.5 Å². The summed E-state index contributed by atoms with van der Waals surface area (Å²) in [6, 6.07) is 7.98. The number of carbonyl (C=O) groups is 2. The maximum atomic E-state index is 13.5. The third-order valence-electron chi connectivity index (χ3n) is 10.1. The van der Waals surface area contributed by atoms with Crippen molar-refractivity contribution in [2.45, 2.75) is 195 Å². The summed E-state index contributed by atoms with van der Waals surface area (Å²) in [6.45, 7) is 33.6. The molecule has 0 aliphatic carbocycles. The molecule has 1 heterocycles. The van der Waals surface area contributed by atoms with Crippen LogP contribution in [0.15, 0.2) is 24.3 Å². The summed E-state index contributed by atoms with van der Waals surface area (Å²) in [5.74, 6) is -0.0453. The fraction of sp³-hybridized carbons (Fsp3) is 0.689. The maximum absolute atomic E-state index is 13.5. The summed E-state index contributed by atoms with van der Waals surface area (Å²) >= 11 is 0. The van der Waals surface area contributed by atoms with Crippen LogP contribution in [0.4, 0.5) is 0 Å². The van der Waals surface area contributed by atoms with E-state index in [0.29, 0.717) is 30.8 Å². The molecule has 0 amide bonds. The molecule has 292 valence electrons. The smallest absolute Gasteiger partial charge is 0.309 e. The van der Waals surface area contributed by atoms with Crippen LogP contribution in [0.5, 0.6) is 11.5 Å². The molecule has 0 aromatic heterocycles. The van der Waals surface area contributed by atoms with Crippen LogP contribution in [0.3, 0.4) is 0 Å². The highest BCUT2D eigenvalue weighted by Crippen LogP contribution is 2.42. The number of esters is 2. The first-order valence-corrected chi connectivity index (χ1v) is 19.3. The predicted molar refractivity (Wildman–Crippen MR) is 212 cm³/mol. The van der Waals surface area contributed by atoms with E-state index < -0.39 is 18.2 Å². The van der Waals surface area contributed by atoms with Gasteiger partial charge in [0.05, 0.1) is 0 Å². The van der Waals surface area contributed by atoms with Crippen molar-refractivity contribution in [1.29, 1.82) is 0 Å². The molecule has 1 saturated heterocycles. The Morgan fingerprint density at radius 1 is 0.635 bits per heavy atom. The Bertz CT molecular complexity index is 1400. The lowest BCUT2D eigenvalue weighted by molar-refractivity contribution is -0.191. The molecule has 0 unspecified atom stereocenters. The molecule has 7 heteroatoms. The number of aryl methyl sites for hydroxylation is 2. The average Bonchev–Trinajstić information content (AvgIpc) is 2.91. The summed E-state index contributed by atoms with van der Waals surface area (Å²) in [5.41, 5.74) is 3.97. The van der Waals surface area contributed by atoms with Gasteiger partial charge >= 0.3 is 11.9 Å². The van der Waals surface area contributed by atoms with E-state index in [1.165, 1.54) is 0 Å². The number of piperidine rings is 1. The van der Waals surface area contributed by atoms with Gasteiger partial charge in [0.2, 0.25) is 6.29 Å². The Morgan fingerprint density at radius 2 is 0.923 bits per heavy atom. The van der Waals surface area contributed by atoms with Gasteiger partial charge in [0.15, 0.2) is 0 Å². The van der Waals surface area contributed by atoms with Crippen LogP contribution >= 0.6 is 0 Å². The van der Waals surface area contributed by atoms with E-state index in [9.17, 15) is 19.8 Å². The lowest BCUT2D eigenvalue weighted by Gasteiger charge is -2.47. The zero-order valence-corrected chi connectivity index (χ0v) is 35.4. The number of phenolic OH excluding ortho intramolecular Hbond substituents is 2. The van der Waals surface area contributed by atoms with Crippen molar-refractivity contribution in [3.05, 3.63) is 57.6 Å². The molecule has 0 bridgehead atoms. The first kappa shape index (κ1) is 43.3. The molecule has 3 N–H and O–H groups in total. The molecule has 2 aromatic carbocycles. The number of aromatic hydroxyl groups is 2. The lowest BCUT2D eigenvalue weighted by Crippen LogP contribution is -2.58. The van der Waals surface area contributed by atoms with Gasteiger partial charge in [-0.3, -0.25) is 9.59 Å². The topological polar surface area (TPSA) is 105 Å². The number of phenols is 2. The van der Waals surface area contributed by atoms with Gasteiger partial charge in [-0.15, -0.1) is 0 Å². The van der Waals surface area contributed by atoms with E-state index in [2.05, 4.69) is 116 Å². The Hall–Kier alpha value is -3.06. The summed E-state index contributed by atoms with van der Waals surface area (Å²) in [4.78, 5) is 27.0. The minimum absolute atomic E-state index is 0.117. The maximum Gasteiger partial charge on any atom is 0.309 e. The predicted octanol–water partition coefficient (Wildman–Crippen LogP) is 10.2. The molecular formula is C45H71NO6. The summed E-state index contributed by atoms with van der Waals surface area (Å²) in [5, 5.41) is 26.0. The summed E-state index contributed by atoms with van der Waals surface area (Å²) < 4.78 is 12.0. The molecular weight excluding hydrogens is 650 g/mol. The standard InChI is InChI=1S/C45H71NO6/c1-40(2,3)31-21-28(22-32(38(31)49)41(4,5)6)17-19-35(47)51-37(25-30-26-44(13,14)46-45(15,16)27-30)52-36(48)20-18-29-23-33(42(7,8)9)39(50)34(24-29)43(10,11)12/h21-24,30,37,46,49-50H,17-20,25-27H2,1-16H3. The van der Waals surface area contributed by atoms with E-state index in [1.54, 1.807) is 0 Å². The molecule has 3 rings (SSSR count). The van der Waals surface area contributed by atoms with Gasteiger partial charge in [-0.2, -0.15) is 0 Å². The molecule has 0 radical (unpaired) electrons. The van der Waals surface area contributed by atoms with Crippen molar-refractivity contribution in [3.63, 3.8) is 0 Å². The van der Waals surface area contributed by atoms with Gasteiger partial charge in [0.1, 0.15) is 11.5 Å². The van der Waals surface area contributed by atoms with Crippen molar-refractivity contribution in [3.8, 4) is 11.5 Å². The van der Waals surface area contributed by atoms with Crippen LogP contribution < -0.4 is 5.32 Å². The van der Waals surface area contributed by atoms with Crippen LogP contribution in [0.1, 0.15) is 176 Å². The van der Waals surface area contributed by atoms with Gasteiger partial charge < -0.3 is 25.0 Å². The highest BCUT2D eigenvalue weighted by molar-refractivity contribution is 5.72. The number of carbonyl (C=O) groups excluding carboxylic acids is 2. The molecule has 0 spiro atoms. The molecule has 1 fully saturated rings. The van der Waals surface area contributed by atoms with Crippen LogP contribution in [0.2, 0.25) is 0 Å². The second-order valence-electron chi connectivity index (χ2n) is 20.9. The molecule has 0 atom stereocenters. The van der Waals surface area contributed by atoms with Gasteiger partial charge in [-0.25, -0.2) is 0 Å². The zero-order valence-electron chi connectivity index (χ0n) is 35.4. The van der Waals surface area contributed by atoms with Crippen molar-refractivity contribution in [2.75, 3.05) is 0 Å². The fourth-order valence-electron chi connectivity index (χ4n) is 7.96. The van der Waals surface area contributed by atoms with Crippen molar-refractivity contribution < 1.29 is 29.3 Å². The Morgan fingerprint density at radius 3 is 1.19 bits per heavy atom. The van der Waals surface area contributed by atoms with Gasteiger partial charge in [-0.1, -0.05) is 107 Å². The Balaban J connectivity index is 1.83. The first-order chi connectivity index (χ1) is 23.4. The minimum Gasteiger partial charge on any atom is -0.507 e. The summed E-state index contributed by atoms with van der Waals surface area (Å²) in [7, 11) is 0. The van der Waals surface area contributed by atoms with Crippen molar-refractivity contribution >= 4 is 11.9 Å². The highest BCUT2D eigenvalue weighted by Gasteiger charge is 2.39. The van der Waals surface area contributed by atoms with Crippen LogP contribution in [-0.2, 0) is 53.6 Å². The summed E-state index contributed by atoms with van der Waals surface area (Å²) in [6.07, 6.45) is 2.26. The van der Waals surface area contributed by atoms with Crippen molar-refractivity contribution in [2.24, 2.45) is 5.92 Å². The molecule has 1 aliphatic heterocycles. The number of hydrogen-bond acceptors (Lipinski definition) is 7. The highest BCUT2D eigenvalue weighted by atomic mass is 16.7. The molecule has 52 heavy (non-hydrogen) atoms. The molecule has 0 saturated carbocycles. The van der Waals surface area contributed by atoms with E-state index >= 15 is 0 Å². The number of rotatable bonds is 10. The van der Waals surface area contributed by atoms with E-state index in [4.69, 9.17) is 9.47 Å². The second-order valence-corrected chi connectivity index (χ2v) is 20.9. The molecule has 1 aliphatic rings. The second kappa shape index (κ2) is 15.4. The third kappa shape index (κ3) is 12.0. The third-order valence-corrected chi connectivity index (χ3v) is 10.1. The molecule has 2 aromatic rings. The normalized spacial score (nSPS) is 16.9. The number of hydrogen-bond donors (Lipinski definition) is 3. The lowest BCUT2D eigenvalue weighted by atomic mass is 9.74. The van der Waals surface area contributed by atoms with E-state index in [0.717, 1.165) is 46.2 Å². The van der Waals surface area contributed by atoms with Crippen molar-refractivity contribution in [1.82, 2.24) is 5.32 Å². The largest absolute Gasteiger partial charge is 0.507 e. The minimum atomic E-state index is -1.00. The number of nitrogens with one attached hydrogen (secondary N) is 1. The van der Waals surface area contributed by atoms with Crippen LogP contribution in [0, 0.1) is 5.92 Å². The monoisotopic (exact) mass is 722 g/mol. The molecule has 7 nitrogen and oxygen atoms in total. The van der Waals surface area contributed by atoms with E-state index in [1.807, 2.05) is 24.3 Å². The van der Waals surface area contributed by atoms with Crippen LogP contribution in [0.25, 0.3) is 0 Å². The zero-order chi connectivity index (χ0) is 39.8. The number of ether oxygens (including phenoxy) is 2. The average molecular weight is 722 g/mol. The fourth-order valence-corrected chi connectivity index (χ4v) is 7.96. The Kier molecular flexibility index (Phi) is 12.8.